The SMILES string of the molecule is Cc1ccccc1NC(=O)c1oc2c(c1C)C(=O)CC(C)(C)C2. The minimum absolute atomic E-state index is 0.0624. The van der Waals surface area contributed by atoms with Crippen molar-refractivity contribution in [3.8, 4) is 0 Å². The Balaban J connectivity index is 1.94. The second-order valence-corrected chi connectivity index (χ2v) is 7.06. The molecular weight excluding hydrogens is 290 g/mol. The lowest BCUT2D eigenvalue weighted by Crippen LogP contribution is -2.26. The molecule has 0 spiro atoms. The topological polar surface area (TPSA) is 59.3 Å². The maximum atomic E-state index is 12.6. The molecule has 4 heteroatoms. The quantitative estimate of drug-likeness (QED) is 0.899. The number of carbonyl (C=O) groups is 2. The van der Waals surface area contributed by atoms with Gasteiger partial charge in [-0.1, -0.05) is 32.0 Å². The summed E-state index contributed by atoms with van der Waals surface area (Å²) in [5, 5.41) is 2.87. The van der Waals surface area contributed by atoms with Crippen LogP contribution >= 0.6 is 0 Å². The molecule has 4 nitrogen and oxygen atoms in total. The first kappa shape index (κ1) is 15.5. The van der Waals surface area contributed by atoms with Crippen LogP contribution in [0.3, 0.4) is 0 Å². The van der Waals surface area contributed by atoms with Crippen molar-refractivity contribution in [3.63, 3.8) is 0 Å². The molecule has 3 rings (SSSR count). The second-order valence-electron chi connectivity index (χ2n) is 7.06. The van der Waals surface area contributed by atoms with Crippen molar-refractivity contribution in [2.75, 3.05) is 5.32 Å². The summed E-state index contributed by atoms with van der Waals surface area (Å²) in [4.78, 5) is 24.9. The molecule has 0 atom stereocenters. The molecule has 23 heavy (non-hydrogen) atoms. The van der Waals surface area contributed by atoms with E-state index < -0.39 is 0 Å². The average Bonchev–Trinajstić information content (AvgIpc) is 2.77. The van der Waals surface area contributed by atoms with E-state index in [0.717, 1.165) is 11.3 Å². The molecule has 120 valence electrons. The number of anilines is 1. The number of hydrogen-bond donors (Lipinski definition) is 1. The molecule has 1 aliphatic rings. The minimum Gasteiger partial charge on any atom is -0.455 e. The third-order valence-corrected chi connectivity index (χ3v) is 4.38. The molecule has 1 amide bonds. The lowest BCUT2D eigenvalue weighted by atomic mass is 9.76. The Hall–Kier alpha value is -2.36. The van der Waals surface area contributed by atoms with E-state index in [2.05, 4.69) is 5.32 Å². The van der Waals surface area contributed by atoms with Crippen molar-refractivity contribution in [1.29, 1.82) is 0 Å². The summed E-state index contributed by atoms with van der Waals surface area (Å²) >= 11 is 0. The first-order valence-corrected chi connectivity index (χ1v) is 7.81. The van der Waals surface area contributed by atoms with Gasteiger partial charge < -0.3 is 9.73 Å². The number of ketones is 1. The van der Waals surface area contributed by atoms with Gasteiger partial charge in [0.1, 0.15) is 5.76 Å². The van der Waals surface area contributed by atoms with Crippen LogP contribution in [0.15, 0.2) is 28.7 Å². The number of benzene rings is 1. The fraction of sp³-hybridized carbons (Fsp3) is 0.368. The zero-order valence-corrected chi connectivity index (χ0v) is 13.9. The van der Waals surface area contributed by atoms with Crippen molar-refractivity contribution < 1.29 is 14.0 Å². The van der Waals surface area contributed by atoms with Crippen LogP contribution in [0.25, 0.3) is 0 Å². The van der Waals surface area contributed by atoms with Crippen LogP contribution in [-0.2, 0) is 6.42 Å². The number of Topliss-reactive ketones (excluding diaryl/α,β-unsaturated/α-hetero) is 1. The van der Waals surface area contributed by atoms with Crippen molar-refractivity contribution in [1.82, 2.24) is 0 Å². The monoisotopic (exact) mass is 311 g/mol. The summed E-state index contributed by atoms with van der Waals surface area (Å²) < 4.78 is 5.78. The summed E-state index contributed by atoms with van der Waals surface area (Å²) in [6, 6.07) is 7.57. The Morgan fingerprint density at radius 3 is 2.57 bits per heavy atom. The molecule has 0 bridgehead atoms. The largest absolute Gasteiger partial charge is 0.455 e. The molecule has 1 N–H and O–H groups in total. The lowest BCUT2D eigenvalue weighted by Gasteiger charge is -2.27. The first-order valence-electron chi connectivity index (χ1n) is 7.81. The van der Waals surface area contributed by atoms with E-state index in [0.29, 0.717) is 29.7 Å². The van der Waals surface area contributed by atoms with E-state index in [-0.39, 0.29) is 22.9 Å². The molecule has 1 aromatic heterocycles. The fourth-order valence-corrected chi connectivity index (χ4v) is 3.19. The van der Waals surface area contributed by atoms with Crippen LogP contribution in [0.2, 0.25) is 0 Å². The van der Waals surface area contributed by atoms with E-state index >= 15 is 0 Å². The summed E-state index contributed by atoms with van der Waals surface area (Å²) in [5.41, 5.74) is 2.84. The van der Waals surface area contributed by atoms with Crippen molar-refractivity contribution in [2.24, 2.45) is 5.41 Å². The van der Waals surface area contributed by atoms with E-state index in [9.17, 15) is 9.59 Å². The highest BCUT2D eigenvalue weighted by Gasteiger charge is 2.37. The van der Waals surface area contributed by atoms with Crippen LogP contribution < -0.4 is 5.32 Å². The number of fused-ring (bicyclic) bond motifs is 1. The van der Waals surface area contributed by atoms with Gasteiger partial charge in [-0.05, 0) is 30.9 Å². The number of furan rings is 1. The molecule has 0 saturated carbocycles. The van der Waals surface area contributed by atoms with Crippen molar-refractivity contribution in [3.05, 3.63) is 52.5 Å². The number of hydrogen-bond acceptors (Lipinski definition) is 3. The molecular formula is C19H21NO3. The molecule has 1 heterocycles. The van der Waals surface area contributed by atoms with Crippen LogP contribution in [0.5, 0.6) is 0 Å². The number of nitrogens with one attached hydrogen (secondary N) is 1. The van der Waals surface area contributed by atoms with Gasteiger partial charge in [-0.15, -0.1) is 0 Å². The van der Waals surface area contributed by atoms with Gasteiger partial charge in [-0.25, -0.2) is 0 Å². The van der Waals surface area contributed by atoms with E-state index in [1.807, 2.05) is 45.0 Å². The third kappa shape index (κ3) is 2.81. The van der Waals surface area contributed by atoms with Crippen molar-refractivity contribution >= 4 is 17.4 Å². The first-order chi connectivity index (χ1) is 10.8. The second kappa shape index (κ2) is 5.37. The molecule has 0 fully saturated rings. The molecule has 0 saturated heterocycles. The van der Waals surface area contributed by atoms with Crippen LogP contribution in [-0.4, -0.2) is 11.7 Å². The smallest absolute Gasteiger partial charge is 0.291 e. The maximum absolute atomic E-state index is 12.6. The van der Waals surface area contributed by atoms with E-state index in [1.165, 1.54) is 0 Å². The molecule has 0 aliphatic heterocycles. The minimum atomic E-state index is -0.309. The molecule has 0 radical (unpaired) electrons. The van der Waals surface area contributed by atoms with Crippen LogP contribution in [0, 0.1) is 19.3 Å². The highest BCUT2D eigenvalue weighted by atomic mass is 16.4. The normalized spacial score (nSPS) is 16.1. The van der Waals surface area contributed by atoms with Crippen molar-refractivity contribution in [2.45, 2.75) is 40.5 Å². The average molecular weight is 311 g/mol. The highest BCUT2D eigenvalue weighted by Crippen LogP contribution is 2.38. The third-order valence-electron chi connectivity index (χ3n) is 4.38. The highest BCUT2D eigenvalue weighted by molar-refractivity contribution is 6.07. The number of para-hydroxylation sites is 1. The van der Waals surface area contributed by atoms with E-state index in [4.69, 9.17) is 4.42 Å². The molecule has 2 aromatic rings. The number of carbonyl (C=O) groups excluding carboxylic acids is 2. The molecule has 1 aromatic carbocycles. The molecule has 1 aliphatic carbocycles. The van der Waals surface area contributed by atoms with E-state index in [1.54, 1.807) is 6.92 Å². The van der Waals surface area contributed by atoms with Gasteiger partial charge in [0.2, 0.25) is 0 Å². The van der Waals surface area contributed by atoms with Gasteiger partial charge in [0.15, 0.2) is 11.5 Å². The standard InChI is InChI=1S/C19H21NO3/c1-11-7-5-6-8-13(11)20-18(22)17-12(2)16-14(21)9-19(3,4)10-15(16)23-17/h5-8H,9-10H2,1-4H3,(H,20,22). The number of amides is 1. The summed E-state index contributed by atoms with van der Waals surface area (Å²) in [7, 11) is 0. The maximum Gasteiger partial charge on any atom is 0.291 e. The van der Waals surface area contributed by atoms with Crippen LogP contribution in [0.1, 0.15) is 58.1 Å². The van der Waals surface area contributed by atoms with Crippen LogP contribution in [0.4, 0.5) is 5.69 Å². The Morgan fingerprint density at radius 1 is 1.17 bits per heavy atom. The van der Waals surface area contributed by atoms with Gasteiger partial charge in [-0.3, -0.25) is 9.59 Å². The predicted octanol–water partition coefficient (Wildman–Crippen LogP) is 4.30. The zero-order chi connectivity index (χ0) is 16.8. The van der Waals surface area contributed by atoms with Gasteiger partial charge in [0.05, 0.1) is 5.56 Å². The number of aryl methyl sites for hydroxylation is 1. The molecule has 0 unspecified atom stereocenters. The van der Waals surface area contributed by atoms with Gasteiger partial charge in [0.25, 0.3) is 5.91 Å². The summed E-state index contributed by atoms with van der Waals surface area (Å²) in [5.74, 6) is 0.632. The Labute approximate surface area is 135 Å². The Kier molecular flexibility index (Phi) is 3.63. The van der Waals surface area contributed by atoms with Gasteiger partial charge in [0, 0.05) is 24.1 Å². The Morgan fingerprint density at radius 2 is 1.87 bits per heavy atom. The lowest BCUT2D eigenvalue weighted by molar-refractivity contribution is 0.0898. The fourth-order valence-electron chi connectivity index (χ4n) is 3.19. The summed E-state index contributed by atoms with van der Waals surface area (Å²) in [6.45, 7) is 7.80. The zero-order valence-electron chi connectivity index (χ0n) is 13.9. The van der Waals surface area contributed by atoms with Gasteiger partial charge >= 0.3 is 0 Å². The Bertz CT molecular complexity index is 799. The van der Waals surface area contributed by atoms with Gasteiger partial charge in [-0.2, -0.15) is 0 Å². The number of rotatable bonds is 2. The summed E-state index contributed by atoms with van der Waals surface area (Å²) in [6.07, 6.45) is 1.16. The predicted molar refractivity (Wildman–Crippen MR) is 89.0 cm³/mol.